The summed E-state index contributed by atoms with van der Waals surface area (Å²) in [7, 11) is 0. The fourth-order valence-electron chi connectivity index (χ4n) is 2.96. The quantitative estimate of drug-likeness (QED) is 0.803. The monoisotopic (exact) mass is 372 g/mol. The van der Waals surface area contributed by atoms with Gasteiger partial charge in [-0.2, -0.15) is 8.78 Å². The van der Waals surface area contributed by atoms with Crippen LogP contribution in [-0.2, 0) is 4.79 Å². The first-order chi connectivity index (χ1) is 12.6. The van der Waals surface area contributed by atoms with Gasteiger partial charge in [0.2, 0.25) is 5.91 Å². The predicted octanol–water partition coefficient (Wildman–Crippen LogP) is 4.32. The molecule has 0 saturated carbocycles. The maximum absolute atomic E-state index is 12.3. The Morgan fingerprint density at radius 2 is 1.85 bits per heavy atom. The van der Waals surface area contributed by atoms with Gasteiger partial charge in [-0.05, 0) is 35.9 Å². The number of ether oxygens (including phenoxy) is 1. The largest absolute Gasteiger partial charge is 0.435 e. The number of carbonyl (C=O) groups excluding carboxylic acids is 1. The molecule has 2 aromatic rings. The highest BCUT2D eigenvalue weighted by atomic mass is 32.2. The number of fused-ring (bicyclic) bond motifs is 1. The Labute approximate surface area is 153 Å². The van der Waals surface area contributed by atoms with E-state index in [0.717, 1.165) is 11.1 Å². The maximum Gasteiger partial charge on any atom is 0.387 e. The van der Waals surface area contributed by atoms with E-state index in [-0.39, 0.29) is 17.7 Å². The Kier molecular flexibility index (Phi) is 4.46. The topological polar surface area (TPSA) is 41.9 Å². The molecule has 0 bridgehead atoms. The molecule has 1 fully saturated rings. The van der Waals surface area contributed by atoms with Gasteiger partial charge < -0.3 is 4.74 Å². The van der Waals surface area contributed by atoms with Crippen molar-refractivity contribution in [1.82, 2.24) is 4.90 Å². The highest BCUT2D eigenvalue weighted by Crippen LogP contribution is 2.38. The molecular weight excluding hydrogens is 358 g/mol. The number of benzene rings is 2. The van der Waals surface area contributed by atoms with Crippen LogP contribution in [0.15, 0.2) is 65.7 Å². The van der Waals surface area contributed by atoms with Gasteiger partial charge in [0, 0.05) is 5.56 Å². The molecule has 4 rings (SSSR count). The van der Waals surface area contributed by atoms with Crippen LogP contribution in [0, 0.1) is 0 Å². The molecule has 1 unspecified atom stereocenters. The highest BCUT2D eigenvalue weighted by Gasteiger charge is 2.37. The zero-order valence-corrected chi connectivity index (χ0v) is 14.3. The molecule has 0 aromatic heterocycles. The summed E-state index contributed by atoms with van der Waals surface area (Å²) in [4.78, 5) is 18.6. The van der Waals surface area contributed by atoms with Crippen molar-refractivity contribution in [2.75, 3.05) is 5.75 Å². The average molecular weight is 372 g/mol. The molecule has 2 aromatic carbocycles. The number of aliphatic imine (C=N–C) groups is 1. The normalized spacial score (nSPS) is 19.3. The third kappa shape index (κ3) is 3.22. The van der Waals surface area contributed by atoms with Crippen LogP contribution >= 0.6 is 11.8 Å². The van der Waals surface area contributed by atoms with E-state index < -0.39 is 6.61 Å². The Morgan fingerprint density at radius 1 is 1.12 bits per heavy atom. The van der Waals surface area contributed by atoms with E-state index in [1.165, 1.54) is 23.9 Å². The van der Waals surface area contributed by atoms with Gasteiger partial charge in [-0.1, -0.05) is 42.1 Å². The number of hydrogen-bond acceptors (Lipinski definition) is 4. The second-order valence-electron chi connectivity index (χ2n) is 5.76. The molecule has 2 heterocycles. The van der Waals surface area contributed by atoms with Crippen molar-refractivity contribution in [3.63, 3.8) is 0 Å². The molecular formula is C19H14F2N2O2S. The molecule has 1 saturated heterocycles. The lowest BCUT2D eigenvalue weighted by Gasteiger charge is -2.29. The molecule has 0 N–H and O–H groups in total. The summed E-state index contributed by atoms with van der Waals surface area (Å²) >= 11 is 1.40. The Morgan fingerprint density at radius 3 is 2.54 bits per heavy atom. The molecule has 2 aliphatic heterocycles. The Bertz CT molecular complexity index is 882. The number of carbonyl (C=O) groups is 1. The molecule has 0 spiro atoms. The van der Waals surface area contributed by atoms with Crippen LogP contribution in [0.4, 0.5) is 8.78 Å². The van der Waals surface area contributed by atoms with E-state index in [2.05, 4.69) is 9.73 Å². The Balaban J connectivity index is 1.70. The minimum absolute atomic E-state index is 0.0265. The van der Waals surface area contributed by atoms with E-state index in [1.54, 1.807) is 17.0 Å². The number of nitrogens with zero attached hydrogens (tertiary/aromatic N) is 2. The fraction of sp³-hybridized carbons (Fsp3) is 0.158. The molecule has 2 aliphatic rings. The molecule has 7 heteroatoms. The molecule has 0 radical (unpaired) electrons. The summed E-state index contributed by atoms with van der Waals surface area (Å²) in [5.74, 6) is 0.489. The van der Waals surface area contributed by atoms with Gasteiger partial charge in [0.25, 0.3) is 0 Å². The lowest BCUT2D eigenvalue weighted by molar-refractivity contribution is -0.125. The lowest BCUT2D eigenvalue weighted by Crippen LogP contribution is -2.34. The first-order valence-electron chi connectivity index (χ1n) is 7.97. The van der Waals surface area contributed by atoms with Crippen LogP contribution in [0.2, 0.25) is 0 Å². The van der Waals surface area contributed by atoms with Gasteiger partial charge in [0.05, 0.1) is 17.5 Å². The van der Waals surface area contributed by atoms with Crippen molar-refractivity contribution in [3.8, 4) is 5.75 Å². The van der Waals surface area contributed by atoms with Crippen molar-refractivity contribution in [2.45, 2.75) is 12.7 Å². The molecule has 1 atom stereocenters. The molecule has 0 aliphatic carbocycles. The van der Waals surface area contributed by atoms with E-state index >= 15 is 0 Å². The van der Waals surface area contributed by atoms with Gasteiger partial charge in [0.15, 0.2) is 5.17 Å². The van der Waals surface area contributed by atoms with Gasteiger partial charge >= 0.3 is 6.61 Å². The van der Waals surface area contributed by atoms with Crippen molar-refractivity contribution in [1.29, 1.82) is 0 Å². The summed E-state index contributed by atoms with van der Waals surface area (Å²) in [5, 5.41) is 0.661. The van der Waals surface area contributed by atoms with Gasteiger partial charge in [0.1, 0.15) is 5.75 Å². The standard InChI is InChI=1S/C19H14F2N2O2S/c20-18(21)25-14-8-6-12(7-9-14)15-10-16(13-4-2-1-3-5-13)23-17(24)11-26-19(23)22-15/h1-10,16,18H,11H2. The van der Waals surface area contributed by atoms with Crippen molar-refractivity contribution in [2.24, 2.45) is 4.99 Å². The SMILES string of the molecule is O=C1CSC2=NC(c3ccc(OC(F)F)cc3)=CC(c3ccccc3)N12. The number of halogens is 2. The van der Waals surface area contributed by atoms with E-state index in [0.29, 0.717) is 16.6 Å². The minimum atomic E-state index is -2.85. The first-order valence-corrected chi connectivity index (χ1v) is 8.96. The van der Waals surface area contributed by atoms with Crippen LogP contribution in [0.3, 0.4) is 0 Å². The summed E-state index contributed by atoms with van der Waals surface area (Å²) in [6.45, 7) is -2.85. The third-order valence-corrected chi connectivity index (χ3v) is 5.06. The third-order valence-electron chi connectivity index (χ3n) is 4.13. The van der Waals surface area contributed by atoms with Crippen LogP contribution in [0.1, 0.15) is 17.2 Å². The van der Waals surface area contributed by atoms with Crippen LogP contribution in [-0.4, -0.2) is 28.3 Å². The van der Waals surface area contributed by atoms with Gasteiger partial charge in [-0.25, -0.2) is 4.99 Å². The lowest BCUT2D eigenvalue weighted by atomic mass is 10.0. The minimum Gasteiger partial charge on any atom is -0.435 e. The van der Waals surface area contributed by atoms with Crippen molar-refractivity contribution in [3.05, 3.63) is 71.8 Å². The number of amides is 1. The summed E-state index contributed by atoms with van der Waals surface area (Å²) < 4.78 is 29.0. The summed E-state index contributed by atoms with van der Waals surface area (Å²) in [6.07, 6.45) is 1.92. The zero-order chi connectivity index (χ0) is 18.1. The number of alkyl halides is 2. The number of amidine groups is 1. The summed E-state index contributed by atoms with van der Waals surface area (Å²) in [6, 6.07) is 15.8. The van der Waals surface area contributed by atoms with Crippen LogP contribution in [0.25, 0.3) is 5.70 Å². The smallest absolute Gasteiger partial charge is 0.387 e. The van der Waals surface area contributed by atoms with E-state index in [1.807, 2.05) is 36.4 Å². The Hall–Kier alpha value is -2.67. The number of thioether (sulfide) groups is 1. The molecule has 1 amide bonds. The number of hydrogen-bond donors (Lipinski definition) is 0. The van der Waals surface area contributed by atoms with Gasteiger partial charge in [-0.15, -0.1) is 0 Å². The van der Waals surface area contributed by atoms with E-state index in [9.17, 15) is 13.6 Å². The second-order valence-corrected chi connectivity index (χ2v) is 6.70. The predicted molar refractivity (Wildman–Crippen MR) is 97.0 cm³/mol. The van der Waals surface area contributed by atoms with Gasteiger partial charge in [-0.3, -0.25) is 9.69 Å². The van der Waals surface area contributed by atoms with Crippen LogP contribution in [0.5, 0.6) is 5.75 Å². The molecule has 4 nitrogen and oxygen atoms in total. The zero-order valence-electron chi connectivity index (χ0n) is 13.5. The highest BCUT2D eigenvalue weighted by molar-refractivity contribution is 8.15. The second kappa shape index (κ2) is 6.92. The molecule has 26 heavy (non-hydrogen) atoms. The fourth-order valence-corrected chi connectivity index (χ4v) is 3.87. The average Bonchev–Trinajstić information content (AvgIpc) is 3.03. The molecule has 132 valence electrons. The van der Waals surface area contributed by atoms with Crippen molar-refractivity contribution >= 4 is 28.5 Å². The van der Waals surface area contributed by atoms with E-state index in [4.69, 9.17) is 0 Å². The summed E-state index contributed by atoms with van der Waals surface area (Å²) in [5.41, 5.74) is 2.47. The number of rotatable bonds is 4. The maximum atomic E-state index is 12.3. The van der Waals surface area contributed by atoms with Crippen LogP contribution < -0.4 is 4.74 Å². The first kappa shape index (κ1) is 16.8. The van der Waals surface area contributed by atoms with Crippen molar-refractivity contribution < 1.29 is 18.3 Å².